The van der Waals surface area contributed by atoms with Crippen molar-refractivity contribution in [1.29, 1.82) is 0 Å². The number of alkyl halides is 11. The summed E-state index contributed by atoms with van der Waals surface area (Å²) in [6, 6.07) is 9.18. The Hall–Kier alpha value is -2.94. The number of allylic oxidation sites excluding steroid dienone is 4. The number of rotatable bonds is 3. The molecular formula is C21H12F11NO2S. The molecule has 2 aromatic carbocycles. The van der Waals surface area contributed by atoms with Crippen LogP contribution in [-0.2, 0) is 10.0 Å². The quantitative estimate of drug-likeness (QED) is 0.448. The number of hydrogen-bond acceptors (Lipinski definition) is 2. The zero-order valence-corrected chi connectivity index (χ0v) is 18.0. The topological polar surface area (TPSA) is 60.2 Å². The van der Waals surface area contributed by atoms with Crippen molar-refractivity contribution in [1.82, 2.24) is 0 Å². The molecule has 0 radical (unpaired) electrons. The maximum atomic E-state index is 15.3. The van der Waals surface area contributed by atoms with Crippen LogP contribution in [0.4, 0.5) is 48.3 Å². The van der Waals surface area contributed by atoms with Crippen molar-refractivity contribution in [3.05, 3.63) is 71.8 Å². The molecule has 1 aliphatic carbocycles. The third-order valence-corrected chi connectivity index (χ3v) is 6.29. The zero-order valence-electron chi connectivity index (χ0n) is 17.2. The molecule has 2 aromatic rings. The molecule has 0 bridgehead atoms. The molecule has 2 unspecified atom stereocenters. The predicted octanol–water partition coefficient (Wildman–Crippen LogP) is 6.43. The van der Waals surface area contributed by atoms with Crippen LogP contribution in [-0.4, -0.2) is 38.3 Å². The van der Waals surface area contributed by atoms with E-state index in [1.165, 1.54) is 30.3 Å². The molecule has 0 heterocycles. The molecule has 0 saturated carbocycles. The Morgan fingerprint density at radius 3 is 1.75 bits per heavy atom. The van der Waals surface area contributed by atoms with Crippen LogP contribution in [0.3, 0.4) is 0 Å². The van der Waals surface area contributed by atoms with Crippen LogP contribution in [0.2, 0.25) is 0 Å². The maximum absolute atomic E-state index is 15.3. The van der Waals surface area contributed by atoms with Crippen molar-refractivity contribution >= 4 is 15.6 Å². The summed E-state index contributed by atoms with van der Waals surface area (Å²) >= 11 is 0. The highest BCUT2D eigenvalue weighted by Crippen LogP contribution is 2.62. The van der Waals surface area contributed by atoms with Gasteiger partial charge in [-0.25, -0.2) is 22.3 Å². The van der Waals surface area contributed by atoms with E-state index in [0.717, 1.165) is 12.1 Å². The lowest BCUT2D eigenvalue weighted by molar-refractivity contribution is -0.325. The Kier molecular flexibility index (Phi) is 6.37. The Balaban J connectivity index is 2.57. The molecule has 2 N–H and O–H groups in total. The van der Waals surface area contributed by atoms with Gasteiger partial charge in [-0.1, -0.05) is 42.5 Å². The normalized spacial score (nSPS) is 23.8. The molecule has 0 saturated heterocycles. The van der Waals surface area contributed by atoms with E-state index >= 15 is 8.78 Å². The van der Waals surface area contributed by atoms with E-state index in [9.17, 15) is 47.9 Å². The standard InChI is InChI=1S/C21H12F11NO2S/c22-17(20(27,28)29)10-12(9-15(19(24,25)26)18(17,23)21(30,31)32)16-13(11-5-2-1-3-6-11)7-4-8-14(16)36(33,34)35/h1-10H,(H2,33,34,35). The van der Waals surface area contributed by atoms with E-state index in [1.54, 1.807) is 0 Å². The fourth-order valence-corrected chi connectivity index (χ4v) is 4.57. The van der Waals surface area contributed by atoms with Gasteiger partial charge in [0, 0.05) is 5.56 Å². The first-order valence-corrected chi connectivity index (χ1v) is 11.0. The third kappa shape index (κ3) is 4.27. The molecule has 15 heteroatoms. The second kappa shape index (κ2) is 8.30. The van der Waals surface area contributed by atoms with Crippen molar-refractivity contribution < 1.29 is 56.7 Å². The maximum Gasteiger partial charge on any atom is 0.430 e. The highest BCUT2D eigenvalue weighted by atomic mass is 32.2. The number of hydrogen-bond donors (Lipinski definition) is 1. The van der Waals surface area contributed by atoms with Crippen molar-refractivity contribution in [3.63, 3.8) is 0 Å². The summed E-state index contributed by atoms with van der Waals surface area (Å²) in [5, 5.41) is 5.04. The van der Waals surface area contributed by atoms with Crippen LogP contribution in [0.1, 0.15) is 5.56 Å². The van der Waals surface area contributed by atoms with Gasteiger partial charge in [0.1, 0.15) is 0 Å². The Labute approximate surface area is 195 Å². The second-order valence-electron chi connectivity index (χ2n) is 7.61. The van der Waals surface area contributed by atoms with Crippen LogP contribution in [0.25, 0.3) is 16.7 Å². The minimum atomic E-state index is -7.04. The minimum Gasteiger partial charge on any atom is -0.225 e. The first-order valence-electron chi connectivity index (χ1n) is 9.41. The lowest BCUT2D eigenvalue weighted by Crippen LogP contribution is -2.67. The first kappa shape index (κ1) is 27.6. The van der Waals surface area contributed by atoms with Gasteiger partial charge >= 0.3 is 18.5 Å². The second-order valence-corrected chi connectivity index (χ2v) is 9.14. The summed E-state index contributed by atoms with van der Waals surface area (Å²) in [5.41, 5.74) is -19.7. The average molecular weight is 551 g/mol. The van der Waals surface area contributed by atoms with Gasteiger partial charge in [0.05, 0.1) is 10.5 Å². The lowest BCUT2D eigenvalue weighted by atomic mass is 9.72. The SMILES string of the molecule is NS(=O)(=O)c1cccc(-c2ccccc2)c1C1=CC(F)(C(F)(F)F)C(F)(C(F)(F)F)C(C(F)(F)F)=C1. The number of sulfonamides is 1. The number of halogens is 11. The molecular weight excluding hydrogens is 539 g/mol. The molecule has 0 amide bonds. The van der Waals surface area contributed by atoms with Crippen molar-refractivity contribution in [2.75, 3.05) is 0 Å². The Morgan fingerprint density at radius 1 is 0.750 bits per heavy atom. The van der Waals surface area contributed by atoms with Gasteiger partial charge in [0.2, 0.25) is 10.0 Å². The smallest absolute Gasteiger partial charge is 0.225 e. The van der Waals surface area contributed by atoms with Crippen LogP contribution in [0.15, 0.2) is 71.2 Å². The highest BCUT2D eigenvalue weighted by Gasteiger charge is 2.83. The molecule has 1 aliphatic rings. The molecule has 0 aliphatic heterocycles. The van der Waals surface area contributed by atoms with Crippen molar-refractivity contribution in [2.45, 2.75) is 34.8 Å². The molecule has 3 rings (SSSR count). The van der Waals surface area contributed by atoms with E-state index in [0.29, 0.717) is 6.07 Å². The van der Waals surface area contributed by atoms with E-state index in [2.05, 4.69) is 0 Å². The van der Waals surface area contributed by atoms with Gasteiger partial charge in [0.15, 0.2) is 0 Å². The number of primary sulfonamides is 1. The summed E-state index contributed by atoms with van der Waals surface area (Å²) in [6.45, 7) is 0. The summed E-state index contributed by atoms with van der Waals surface area (Å²) in [7, 11) is -4.97. The summed E-state index contributed by atoms with van der Waals surface area (Å²) in [4.78, 5) is -1.14. The van der Waals surface area contributed by atoms with E-state index in [1.807, 2.05) is 0 Å². The van der Waals surface area contributed by atoms with Gasteiger partial charge in [0.25, 0.3) is 11.3 Å². The molecule has 196 valence electrons. The van der Waals surface area contributed by atoms with Crippen LogP contribution >= 0.6 is 0 Å². The summed E-state index contributed by atoms with van der Waals surface area (Å²) < 4.78 is 177. The van der Waals surface area contributed by atoms with E-state index in [4.69, 9.17) is 5.14 Å². The first-order chi connectivity index (χ1) is 16.2. The van der Waals surface area contributed by atoms with Crippen molar-refractivity contribution in [3.8, 4) is 11.1 Å². The molecule has 0 aromatic heterocycles. The highest BCUT2D eigenvalue weighted by molar-refractivity contribution is 7.89. The fraction of sp³-hybridized carbons (Fsp3) is 0.238. The van der Waals surface area contributed by atoms with Gasteiger partial charge in [-0.3, -0.25) is 0 Å². The van der Waals surface area contributed by atoms with Crippen LogP contribution in [0.5, 0.6) is 0 Å². The van der Waals surface area contributed by atoms with Crippen molar-refractivity contribution in [2.24, 2.45) is 5.14 Å². The lowest BCUT2D eigenvalue weighted by Gasteiger charge is -2.43. The summed E-state index contributed by atoms with van der Waals surface area (Å²) in [5.74, 6) is 0. The molecule has 0 spiro atoms. The van der Waals surface area contributed by atoms with Crippen LogP contribution < -0.4 is 5.14 Å². The Morgan fingerprint density at radius 2 is 1.31 bits per heavy atom. The van der Waals surface area contributed by atoms with Gasteiger partial charge in [-0.15, -0.1) is 0 Å². The molecule has 3 nitrogen and oxygen atoms in total. The summed E-state index contributed by atoms with van der Waals surface area (Å²) in [6.07, 6.45) is -22.1. The number of benzene rings is 2. The molecule has 2 atom stereocenters. The molecule has 36 heavy (non-hydrogen) atoms. The van der Waals surface area contributed by atoms with E-state index in [-0.39, 0.29) is 5.56 Å². The van der Waals surface area contributed by atoms with E-state index < -0.39 is 79.2 Å². The minimum absolute atomic E-state index is 0.0368. The van der Waals surface area contributed by atoms with Gasteiger partial charge < -0.3 is 0 Å². The number of nitrogens with two attached hydrogens (primary N) is 1. The molecule has 0 fully saturated rings. The average Bonchev–Trinajstić information content (AvgIpc) is 2.72. The predicted molar refractivity (Wildman–Crippen MR) is 105 cm³/mol. The van der Waals surface area contributed by atoms with Gasteiger partial charge in [-0.05, 0) is 34.9 Å². The largest absolute Gasteiger partial charge is 0.430 e. The Bertz CT molecular complexity index is 1340. The monoisotopic (exact) mass is 551 g/mol. The third-order valence-electron chi connectivity index (χ3n) is 5.34. The zero-order chi connectivity index (χ0) is 27.5. The van der Waals surface area contributed by atoms with Gasteiger partial charge in [-0.2, -0.15) is 39.5 Å². The fourth-order valence-electron chi connectivity index (χ4n) is 3.79. The van der Waals surface area contributed by atoms with Crippen LogP contribution in [0, 0.1) is 0 Å².